The Kier molecular flexibility index (Phi) is 6.67. The SMILES string of the molecule is CC(C)c1nccn1CCCNC(=O)c1ccc(N2CCN(C)[C@@H](C)C2)nc1. The Morgan fingerprint density at radius 3 is 2.79 bits per heavy atom. The highest BCUT2D eigenvalue weighted by Crippen LogP contribution is 2.16. The molecule has 3 heterocycles. The van der Waals surface area contributed by atoms with Crippen LogP contribution in [0, 0.1) is 0 Å². The molecule has 2 aromatic rings. The Morgan fingerprint density at radius 2 is 2.11 bits per heavy atom. The van der Waals surface area contributed by atoms with E-state index in [1.807, 2.05) is 24.5 Å². The van der Waals surface area contributed by atoms with E-state index in [1.54, 1.807) is 6.20 Å². The predicted octanol–water partition coefficient (Wildman–Crippen LogP) is 2.36. The van der Waals surface area contributed by atoms with Crippen LogP contribution in [0.15, 0.2) is 30.7 Å². The number of anilines is 1. The summed E-state index contributed by atoms with van der Waals surface area (Å²) in [5, 5.41) is 2.99. The largest absolute Gasteiger partial charge is 0.354 e. The lowest BCUT2D eigenvalue weighted by Crippen LogP contribution is -2.50. The van der Waals surface area contributed by atoms with Gasteiger partial charge in [0.25, 0.3) is 5.91 Å². The van der Waals surface area contributed by atoms with Gasteiger partial charge in [0.05, 0.1) is 5.56 Å². The summed E-state index contributed by atoms with van der Waals surface area (Å²) in [6, 6.07) is 4.33. The van der Waals surface area contributed by atoms with Gasteiger partial charge in [-0.15, -0.1) is 0 Å². The fraction of sp³-hybridized carbons (Fsp3) is 0.571. The van der Waals surface area contributed by atoms with Crippen LogP contribution in [-0.2, 0) is 6.54 Å². The minimum atomic E-state index is -0.0690. The van der Waals surface area contributed by atoms with Crippen molar-refractivity contribution in [1.82, 2.24) is 24.8 Å². The number of carbonyl (C=O) groups excluding carboxylic acids is 1. The number of aromatic nitrogens is 3. The normalized spacial score (nSPS) is 17.9. The van der Waals surface area contributed by atoms with E-state index in [4.69, 9.17) is 0 Å². The van der Waals surface area contributed by atoms with Gasteiger partial charge >= 0.3 is 0 Å². The molecular weight excluding hydrogens is 352 g/mol. The summed E-state index contributed by atoms with van der Waals surface area (Å²) in [6.07, 6.45) is 6.38. The van der Waals surface area contributed by atoms with Crippen molar-refractivity contribution in [2.75, 3.05) is 38.1 Å². The zero-order valence-corrected chi connectivity index (χ0v) is 17.4. The molecule has 7 heteroatoms. The highest BCUT2D eigenvalue weighted by molar-refractivity contribution is 5.94. The molecule has 0 saturated carbocycles. The van der Waals surface area contributed by atoms with Crippen LogP contribution in [0.25, 0.3) is 0 Å². The van der Waals surface area contributed by atoms with Crippen molar-refractivity contribution in [2.24, 2.45) is 0 Å². The Balaban J connectivity index is 1.46. The van der Waals surface area contributed by atoms with Gasteiger partial charge in [-0.2, -0.15) is 0 Å². The fourth-order valence-electron chi connectivity index (χ4n) is 3.53. The molecule has 0 aromatic carbocycles. The van der Waals surface area contributed by atoms with Crippen LogP contribution in [0.1, 0.15) is 49.3 Å². The van der Waals surface area contributed by atoms with Crippen molar-refractivity contribution in [2.45, 2.75) is 45.7 Å². The maximum Gasteiger partial charge on any atom is 0.252 e. The molecule has 0 spiro atoms. The average Bonchev–Trinajstić information content (AvgIpc) is 3.16. The van der Waals surface area contributed by atoms with E-state index < -0.39 is 0 Å². The number of pyridine rings is 1. The van der Waals surface area contributed by atoms with Gasteiger partial charge < -0.3 is 19.7 Å². The standard InChI is InChI=1S/C21H32N6O/c1-16(2)20-22-9-11-26(20)10-5-8-23-21(28)18-6-7-19(24-14-18)27-13-12-25(4)17(3)15-27/h6-7,9,11,14,16-17H,5,8,10,12-13,15H2,1-4H3,(H,23,28)/t17-/m0/s1. The number of nitrogens with one attached hydrogen (secondary N) is 1. The van der Waals surface area contributed by atoms with E-state index in [9.17, 15) is 4.79 Å². The highest BCUT2D eigenvalue weighted by atomic mass is 16.1. The number of hydrogen-bond donors (Lipinski definition) is 1. The lowest BCUT2D eigenvalue weighted by molar-refractivity contribution is 0.0952. The van der Waals surface area contributed by atoms with Crippen molar-refractivity contribution >= 4 is 11.7 Å². The predicted molar refractivity (Wildman–Crippen MR) is 112 cm³/mol. The third kappa shape index (κ3) is 4.90. The van der Waals surface area contributed by atoms with E-state index in [0.29, 0.717) is 24.1 Å². The van der Waals surface area contributed by atoms with Crippen molar-refractivity contribution in [3.63, 3.8) is 0 Å². The third-order valence-electron chi connectivity index (χ3n) is 5.42. The van der Waals surface area contributed by atoms with E-state index in [0.717, 1.165) is 44.2 Å². The molecule has 1 amide bonds. The number of likely N-dealkylation sites (N-methyl/N-ethyl adjacent to an activating group) is 1. The summed E-state index contributed by atoms with van der Waals surface area (Å²) in [5.41, 5.74) is 0.608. The molecule has 28 heavy (non-hydrogen) atoms. The van der Waals surface area contributed by atoms with E-state index >= 15 is 0 Å². The lowest BCUT2D eigenvalue weighted by atomic mass is 10.2. The second-order valence-electron chi connectivity index (χ2n) is 7.92. The number of imidazole rings is 1. The fourth-order valence-corrected chi connectivity index (χ4v) is 3.53. The molecular formula is C21H32N6O. The zero-order chi connectivity index (χ0) is 20.1. The Labute approximate surface area is 167 Å². The van der Waals surface area contributed by atoms with E-state index in [1.165, 1.54) is 0 Å². The van der Waals surface area contributed by atoms with Gasteiger partial charge in [0.1, 0.15) is 11.6 Å². The lowest BCUT2D eigenvalue weighted by Gasteiger charge is -2.38. The topological polar surface area (TPSA) is 66.3 Å². The van der Waals surface area contributed by atoms with Gasteiger partial charge in [-0.3, -0.25) is 4.79 Å². The Bertz CT molecular complexity index is 769. The Hall–Kier alpha value is -2.41. The monoisotopic (exact) mass is 384 g/mol. The van der Waals surface area contributed by atoms with E-state index in [2.05, 4.69) is 57.5 Å². The van der Waals surface area contributed by atoms with Crippen LogP contribution in [0.3, 0.4) is 0 Å². The summed E-state index contributed by atoms with van der Waals surface area (Å²) in [6.45, 7) is 10.9. The minimum Gasteiger partial charge on any atom is -0.354 e. The van der Waals surface area contributed by atoms with Gasteiger partial charge in [0.15, 0.2) is 0 Å². The quantitative estimate of drug-likeness (QED) is 0.743. The molecule has 0 unspecified atom stereocenters. The number of piperazine rings is 1. The van der Waals surface area contributed by atoms with Crippen LogP contribution in [-0.4, -0.2) is 64.6 Å². The van der Waals surface area contributed by atoms with Crippen LogP contribution in [0.2, 0.25) is 0 Å². The van der Waals surface area contributed by atoms with Crippen LogP contribution < -0.4 is 10.2 Å². The van der Waals surface area contributed by atoms with Crippen molar-refractivity contribution < 1.29 is 4.79 Å². The highest BCUT2D eigenvalue weighted by Gasteiger charge is 2.21. The number of amides is 1. The molecule has 1 aliphatic heterocycles. The summed E-state index contributed by atoms with van der Waals surface area (Å²) in [4.78, 5) is 25.9. The summed E-state index contributed by atoms with van der Waals surface area (Å²) in [5.74, 6) is 2.36. The van der Waals surface area contributed by atoms with E-state index in [-0.39, 0.29) is 5.91 Å². The zero-order valence-electron chi connectivity index (χ0n) is 17.4. The van der Waals surface area contributed by atoms with Crippen molar-refractivity contribution in [1.29, 1.82) is 0 Å². The van der Waals surface area contributed by atoms with Gasteiger partial charge in [-0.25, -0.2) is 9.97 Å². The molecule has 1 atom stereocenters. The summed E-state index contributed by atoms with van der Waals surface area (Å²) in [7, 11) is 2.15. The molecule has 1 fully saturated rings. The van der Waals surface area contributed by atoms with Crippen LogP contribution in [0.4, 0.5) is 5.82 Å². The Morgan fingerprint density at radius 1 is 1.29 bits per heavy atom. The number of nitrogens with zero attached hydrogens (tertiary/aromatic N) is 5. The summed E-state index contributed by atoms with van der Waals surface area (Å²) < 4.78 is 2.16. The third-order valence-corrected chi connectivity index (χ3v) is 5.42. The molecule has 0 radical (unpaired) electrons. The summed E-state index contributed by atoms with van der Waals surface area (Å²) >= 11 is 0. The molecule has 0 aliphatic carbocycles. The molecule has 152 valence electrons. The van der Waals surface area contributed by atoms with Crippen LogP contribution >= 0.6 is 0 Å². The maximum atomic E-state index is 12.4. The molecule has 0 bridgehead atoms. The van der Waals surface area contributed by atoms with Crippen molar-refractivity contribution in [3.05, 3.63) is 42.1 Å². The molecule has 1 aliphatic rings. The average molecular weight is 385 g/mol. The van der Waals surface area contributed by atoms with Crippen molar-refractivity contribution in [3.8, 4) is 0 Å². The van der Waals surface area contributed by atoms with Crippen LogP contribution in [0.5, 0.6) is 0 Å². The first kappa shape index (κ1) is 20.3. The first-order valence-electron chi connectivity index (χ1n) is 10.2. The number of aryl methyl sites for hydroxylation is 1. The first-order valence-corrected chi connectivity index (χ1v) is 10.2. The first-order chi connectivity index (χ1) is 13.5. The molecule has 7 nitrogen and oxygen atoms in total. The van der Waals surface area contributed by atoms with Gasteiger partial charge in [0, 0.05) is 63.3 Å². The molecule has 2 aromatic heterocycles. The second kappa shape index (κ2) is 9.19. The molecule has 1 saturated heterocycles. The maximum absolute atomic E-state index is 12.4. The number of rotatable bonds is 7. The second-order valence-corrected chi connectivity index (χ2v) is 7.92. The minimum absolute atomic E-state index is 0.0690. The smallest absolute Gasteiger partial charge is 0.252 e. The number of carbonyl (C=O) groups is 1. The number of hydrogen-bond acceptors (Lipinski definition) is 5. The molecule has 3 rings (SSSR count). The van der Waals surface area contributed by atoms with Gasteiger partial charge in [0.2, 0.25) is 0 Å². The van der Waals surface area contributed by atoms with Gasteiger partial charge in [-0.1, -0.05) is 13.8 Å². The molecule has 1 N–H and O–H groups in total. The van der Waals surface area contributed by atoms with Gasteiger partial charge in [-0.05, 0) is 32.5 Å².